The minimum absolute atomic E-state index is 0.0776. The fourth-order valence-electron chi connectivity index (χ4n) is 1.90. The molecule has 0 aliphatic heterocycles. The molecule has 0 bridgehead atoms. The molecule has 2 rings (SSSR count). The Morgan fingerprint density at radius 3 is 2.81 bits per heavy atom. The molecule has 0 saturated heterocycles. The molecule has 0 unspecified atom stereocenters. The number of methoxy groups -OCH3 is 1. The number of carbonyl (C=O) groups excluding carboxylic acids is 2. The quantitative estimate of drug-likeness (QED) is 0.767. The highest BCUT2D eigenvalue weighted by molar-refractivity contribution is 6.06. The molecule has 110 valence electrons. The van der Waals surface area contributed by atoms with Crippen LogP contribution in [0.2, 0.25) is 0 Å². The van der Waals surface area contributed by atoms with Crippen LogP contribution in [-0.4, -0.2) is 43.6 Å². The molecule has 0 spiro atoms. The Labute approximate surface area is 122 Å². The summed E-state index contributed by atoms with van der Waals surface area (Å²) in [5.74, 6) is -0.574. The number of hydrogen-bond acceptors (Lipinski definition) is 4. The number of ether oxygens (including phenoxy) is 1. The molecule has 6 nitrogen and oxygen atoms in total. The van der Waals surface area contributed by atoms with Crippen LogP contribution in [0.1, 0.15) is 10.4 Å². The second kappa shape index (κ2) is 7.35. The van der Waals surface area contributed by atoms with Gasteiger partial charge in [-0.2, -0.15) is 0 Å². The van der Waals surface area contributed by atoms with Gasteiger partial charge < -0.3 is 15.4 Å². The van der Waals surface area contributed by atoms with Crippen LogP contribution in [0.5, 0.6) is 0 Å². The van der Waals surface area contributed by atoms with Crippen molar-refractivity contribution in [2.45, 2.75) is 0 Å². The average molecular weight is 287 g/mol. The first kappa shape index (κ1) is 14.9. The second-order valence-corrected chi connectivity index (χ2v) is 4.41. The second-order valence-electron chi connectivity index (χ2n) is 4.41. The maximum absolute atomic E-state index is 12.1. The van der Waals surface area contributed by atoms with Crippen LogP contribution in [0.15, 0.2) is 36.5 Å². The van der Waals surface area contributed by atoms with Crippen molar-refractivity contribution in [3.8, 4) is 0 Å². The van der Waals surface area contributed by atoms with Crippen LogP contribution in [0.25, 0.3) is 10.9 Å². The number of carbonyl (C=O) groups is 2. The normalized spacial score (nSPS) is 10.3. The number of rotatable bonds is 6. The first-order chi connectivity index (χ1) is 10.2. The molecule has 0 aliphatic carbocycles. The zero-order valence-electron chi connectivity index (χ0n) is 11.8. The SMILES string of the molecule is COCCNC(=O)CNC(=O)c1cccc2cccnc12. The smallest absolute Gasteiger partial charge is 0.253 e. The van der Waals surface area contributed by atoms with Crippen LogP contribution >= 0.6 is 0 Å². The molecule has 0 saturated carbocycles. The Morgan fingerprint density at radius 1 is 1.19 bits per heavy atom. The summed E-state index contributed by atoms with van der Waals surface area (Å²) in [4.78, 5) is 27.9. The molecule has 0 fully saturated rings. The van der Waals surface area contributed by atoms with Crippen molar-refractivity contribution < 1.29 is 14.3 Å². The van der Waals surface area contributed by atoms with Crippen molar-refractivity contribution in [1.29, 1.82) is 0 Å². The molecule has 21 heavy (non-hydrogen) atoms. The van der Waals surface area contributed by atoms with E-state index in [1.807, 2.05) is 18.2 Å². The lowest BCUT2D eigenvalue weighted by molar-refractivity contribution is -0.120. The number of aromatic nitrogens is 1. The number of amides is 2. The van der Waals surface area contributed by atoms with Gasteiger partial charge in [-0.15, -0.1) is 0 Å². The summed E-state index contributed by atoms with van der Waals surface area (Å²) in [6.07, 6.45) is 1.64. The molecular weight excluding hydrogens is 270 g/mol. The van der Waals surface area contributed by atoms with Gasteiger partial charge in [-0.1, -0.05) is 18.2 Å². The third-order valence-corrected chi connectivity index (χ3v) is 2.92. The van der Waals surface area contributed by atoms with E-state index in [-0.39, 0.29) is 18.4 Å². The third-order valence-electron chi connectivity index (χ3n) is 2.92. The highest BCUT2D eigenvalue weighted by Crippen LogP contribution is 2.15. The fraction of sp³-hybridized carbons (Fsp3) is 0.267. The van der Waals surface area contributed by atoms with E-state index in [0.717, 1.165) is 5.39 Å². The lowest BCUT2D eigenvalue weighted by Crippen LogP contribution is -2.38. The van der Waals surface area contributed by atoms with Crippen molar-refractivity contribution in [3.05, 3.63) is 42.1 Å². The number of nitrogens with one attached hydrogen (secondary N) is 2. The topological polar surface area (TPSA) is 80.3 Å². The van der Waals surface area contributed by atoms with Crippen molar-refractivity contribution in [3.63, 3.8) is 0 Å². The minimum Gasteiger partial charge on any atom is -0.383 e. The Morgan fingerprint density at radius 2 is 2.00 bits per heavy atom. The van der Waals surface area contributed by atoms with Gasteiger partial charge in [-0.3, -0.25) is 14.6 Å². The van der Waals surface area contributed by atoms with Gasteiger partial charge in [0, 0.05) is 25.2 Å². The van der Waals surface area contributed by atoms with E-state index >= 15 is 0 Å². The number of pyridine rings is 1. The number of hydrogen-bond donors (Lipinski definition) is 2. The van der Waals surface area contributed by atoms with E-state index in [4.69, 9.17) is 4.74 Å². The van der Waals surface area contributed by atoms with Gasteiger partial charge in [0.1, 0.15) is 0 Å². The Kier molecular flexibility index (Phi) is 5.22. The Bertz CT molecular complexity index is 638. The minimum atomic E-state index is -0.318. The molecular formula is C15H17N3O3. The standard InChI is InChI=1S/C15H17N3O3/c1-21-9-8-16-13(19)10-18-15(20)12-6-2-4-11-5-3-7-17-14(11)12/h2-7H,8-10H2,1H3,(H,16,19)(H,18,20). The van der Waals surface area contributed by atoms with Crippen molar-refractivity contribution >= 4 is 22.7 Å². The van der Waals surface area contributed by atoms with Crippen molar-refractivity contribution in [1.82, 2.24) is 15.6 Å². The zero-order valence-corrected chi connectivity index (χ0v) is 11.8. The molecule has 0 atom stereocenters. The molecule has 2 aromatic rings. The average Bonchev–Trinajstić information content (AvgIpc) is 2.52. The zero-order chi connectivity index (χ0) is 15.1. The van der Waals surface area contributed by atoms with Gasteiger partial charge in [0.2, 0.25) is 5.91 Å². The van der Waals surface area contributed by atoms with Crippen molar-refractivity contribution in [2.75, 3.05) is 26.8 Å². The first-order valence-corrected chi connectivity index (χ1v) is 6.60. The monoisotopic (exact) mass is 287 g/mol. The van der Waals surface area contributed by atoms with E-state index < -0.39 is 0 Å². The molecule has 0 radical (unpaired) electrons. The molecule has 1 aromatic heterocycles. The van der Waals surface area contributed by atoms with Gasteiger partial charge in [0.05, 0.1) is 24.2 Å². The maximum Gasteiger partial charge on any atom is 0.253 e. The van der Waals surface area contributed by atoms with E-state index in [1.165, 1.54) is 0 Å². The van der Waals surface area contributed by atoms with Gasteiger partial charge in [-0.05, 0) is 12.1 Å². The summed E-state index contributed by atoms with van der Waals surface area (Å²) in [5.41, 5.74) is 1.08. The summed E-state index contributed by atoms with van der Waals surface area (Å²) < 4.78 is 4.83. The van der Waals surface area contributed by atoms with Gasteiger partial charge >= 0.3 is 0 Å². The van der Waals surface area contributed by atoms with Gasteiger partial charge in [-0.25, -0.2) is 0 Å². The van der Waals surface area contributed by atoms with E-state index in [9.17, 15) is 9.59 Å². The van der Waals surface area contributed by atoms with Gasteiger partial charge in [0.25, 0.3) is 5.91 Å². The Balaban J connectivity index is 1.98. The summed E-state index contributed by atoms with van der Waals surface area (Å²) in [6.45, 7) is 0.778. The summed E-state index contributed by atoms with van der Waals surface area (Å²) in [5, 5.41) is 6.10. The number of fused-ring (bicyclic) bond motifs is 1. The predicted octanol–water partition coefficient (Wildman–Crippen LogP) is 0.727. The molecule has 1 aromatic carbocycles. The summed E-state index contributed by atoms with van der Waals surface area (Å²) in [7, 11) is 1.56. The van der Waals surface area contributed by atoms with E-state index in [2.05, 4.69) is 15.6 Å². The molecule has 1 heterocycles. The Hall–Kier alpha value is -2.47. The number of nitrogens with zero attached hydrogens (tertiary/aromatic N) is 1. The van der Waals surface area contributed by atoms with E-state index in [0.29, 0.717) is 24.2 Å². The molecule has 2 N–H and O–H groups in total. The molecule has 0 aliphatic rings. The number of benzene rings is 1. The predicted molar refractivity (Wildman–Crippen MR) is 79.0 cm³/mol. The summed E-state index contributed by atoms with van der Waals surface area (Å²) in [6, 6.07) is 9.06. The largest absolute Gasteiger partial charge is 0.383 e. The lowest BCUT2D eigenvalue weighted by Gasteiger charge is -2.08. The van der Waals surface area contributed by atoms with Crippen LogP contribution < -0.4 is 10.6 Å². The summed E-state index contributed by atoms with van der Waals surface area (Å²) >= 11 is 0. The maximum atomic E-state index is 12.1. The fourth-order valence-corrected chi connectivity index (χ4v) is 1.90. The van der Waals surface area contributed by atoms with Crippen LogP contribution in [-0.2, 0) is 9.53 Å². The first-order valence-electron chi connectivity index (χ1n) is 6.60. The van der Waals surface area contributed by atoms with Crippen LogP contribution in [0.3, 0.4) is 0 Å². The number of para-hydroxylation sites is 1. The highest BCUT2D eigenvalue weighted by atomic mass is 16.5. The van der Waals surface area contributed by atoms with Crippen LogP contribution in [0, 0.1) is 0 Å². The highest BCUT2D eigenvalue weighted by Gasteiger charge is 2.11. The van der Waals surface area contributed by atoms with Crippen molar-refractivity contribution in [2.24, 2.45) is 0 Å². The van der Waals surface area contributed by atoms with Crippen LogP contribution in [0.4, 0.5) is 0 Å². The molecule has 2 amide bonds. The molecule has 6 heteroatoms. The lowest BCUT2D eigenvalue weighted by atomic mass is 10.1. The van der Waals surface area contributed by atoms with Gasteiger partial charge in [0.15, 0.2) is 0 Å². The van der Waals surface area contributed by atoms with E-state index in [1.54, 1.807) is 25.4 Å². The third kappa shape index (κ3) is 4.00.